The van der Waals surface area contributed by atoms with E-state index in [1.807, 2.05) is 0 Å². The average molecular weight is 154 g/mol. The third-order valence-electron chi connectivity index (χ3n) is 1.42. The topological polar surface area (TPSA) is 26.3 Å². The average Bonchev–Trinajstić information content (AvgIpc) is 1.58. The van der Waals surface area contributed by atoms with Crippen molar-refractivity contribution in [2.24, 2.45) is 0 Å². The van der Waals surface area contributed by atoms with Gasteiger partial charge in [-0.15, -0.1) is 0 Å². The lowest BCUT2D eigenvalue weighted by molar-refractivity contribution is -0.295. The maximum absolute atomic E-state index is 11.8. The minimum absolute atomic E-state index is 0.559. The van der Waals surface area contributed by atoms with Crippen LogP contribution in [0.2, 0.25) is 0 Å². The molecule has 1 heterocycles. The molecule has 1 aliphatic heterocycles. The molecule has 0 aromatic rings. The van der Waals surface area contributed by atoms with Crippen LogP contribution in [-0.4, -0.2) is 17.7 Å². The van der Waals surface area contributed by atoms with Crippen molar-refractivity contribution >= 4 is 5.97 Å². The van der Waals surface area contributed by atoms with Crippen LogP contribution in [0.1, 0.15) is 13.3 Å². The summed E-state index contributed by atoms with van der Waals surface area (Å²) in [6.07, 6.45) is -4.99. The van der Waals surface area contributed by atoms with E-state index in [0.717, 1.165) is 6.92 Å². The van der Waals surface area contributed by atoms with Gasteiger partial charge in [-0.25, -0.2) is 0 Å². The van der Waals surface area contributed by atoms with Crippen molar-refractivity contribution in [1.29, 1.82) is 0 Å². The largest absolute Gasteiger partial charge is 0.449 e. The Morgan fingerprint density at radius 2 is 2.00 bits per heavy atom. The fourth-order valence-corrected chi connectivity index (χ4v) is 0.676. The standard InChI is InChI=1S/C5H5F3O2/c1-4(5(6,7)8)2-3(9)10-4/h2H2,1H3/t4-/m0/s1. The fraction of sp³-hybridized carbons (Fsp3) is 0.800. The van der Waals surface area contributed by atoms with Crippen LogP contribution < -0.4 is 0 Å². The molecule has 2 nitrogen and oxygen atoms in total. The van der Waals surface area contributed by atoms with E-state index >= 15 is 0 Å². The Morgan fingerprint density at radius 3 is 2.10 bits per heavy atom. The summed E-state index contributed by atoms with van der Waals surface area (Å²) in [5.41, 5.74) is -2.22. The third kappa shape index (κ3) is 0.853. The Bertz CT molecular complexity index is 164. The number of hydrogen-bond acceptors (Lipinski definition) is 2. The van der Waals surface area contributed by atoms with Crippen LogP contribution in [0.15, 0.2) is 0 Å². The van der Waals surface area contributed by atoms with Crippen LogP contribution in [0, 0.1) is 0 Å². The second kappa shape index (κ2) is 1.65. The SMILES string of the molecule is C[C@@]1(C(F)(F)F)CC(=O)O1. The molecule has 0 aromatic heterocycles. The van der Waals surface area contributed by atoms with Crippen molar-refractivity contribution in [3.63, 3.8) is 0 Å². The molecular formula is C5H5F3O2. The van der Waals surface area contributed by atoms with E-state index in [0.29, 0.717) is 0 Å². The minimum Gasteiger partial charge on any atom is -0.449 e. The predicted octanol–water partition coefficient (Wildman–Crippen LogP) is 1.25. The Balaban J connectivity index is 2.65. The van der Waals surface area contributed by atoms with Gasteiger partial charge in [-0.05, 0) is 6.92 Å². The Labute approximate surface area is 55.0 Å². The Morgan fingerprint density at radius 1 is 1.60 bits per heavy atom. The molecule has 0 aliphatic carbocycles. The number of alkyl halides is 3. The van der Waals surface area contributed by atoms with Gasteiger partial charge in [0.15, 0.2) is 0 Å². The molecule has 0 radical (unpaired) electrons. The Kier molecular flexibility index (Phi) is 1.21. The normalized spacial score (nSPS) is 33.0. The van der Waals surface area contributed by atoms with Crippen molar-refractivity contribution < 1.29 is 22.7 Å². The molecular weight excluding hydrogens is 149 g/mol. The maximum atomic E-state index is 11.8. The summed E-state index contributed by atoms with van der Waals surface area (Å²) < 4.78 is 39.3. The molecule has 1 saturated heterocycles. The number of rotatable bonds is 0. The molecule has 1 rings (SSSR count). The van der Waals surface area contributed by atoms with E-state index < -0.39 is 24.2 Å². The van der Waals surface area contributed by atoms with Gasteiger partial charge < -0.3 is 4.74 Å². The lowest BCUT2D eigenvalue weighted by atomic mass is 9.96. The molecule has 0 N–H and O–H groups in total. The molecule has 0 saturated carbocycles. The summed E-state index contributed by atoms with van der Waals surface area (Å²) in [5.74, 6) is -0.792. The van der Waals surface area contributed by atoms with Crippen molar-refractivity contribution in [2.45, 2.75) is 25.1 Å². The summed E-state index contributed by atoms with van der Waals surface area (Å²) in [6, 6.07) is 0. The van der Waals surface area contributed by atoms with Crippen molar-refractivity contribution in [1.82, 2.24) is 0 Å². The quantitative estimate of drug-likeness (QED) is 0.491. The highest BCUT2D eigenvalue weighted by atomic mass is 19.4. The summed E-state index contributed by atoms with van der Waals surface area (Å²) >= 11 is 0. The van der Waals surface area contributed by atoms with Crippen LogP contribution in [0.4, 0.5) is 13.2 Å². The first-order valence-corrected chi connectivity index (χ1v) is 2.64. The van der Waals surface area contributed by atoms with Gasteiger partial charge in [-0.2, -0.15) is 13.2 Å². The molecule has 0 amide bonds. The number of halogens is 3. The van der Waals surface area contributed by atoms with Crippen molar-refractivity contribution in [2.75, 3.05) is 0 Å². The van der Waals surface area contributed by atoms with Gasteiger partial charge in [0, 0.05) is 0 Å². The van der Waals surface area contributed by atoms with Gasteiger partial charge in [0.2, 0.25) is 5.60 Å². The molecule has 0 aromatic carbocycles. The highest BCUT2D eigenvalue weighted by molar-refractivity contribution is 5.77. The van der Waals surface area contributed by atoms with Gasteiger partial charge in [0.1, 0.15) is 0 Å². The Hall–Kier alpha value is -0.740. The highest BCUT2D eigenvalue weighted by Crippen LogP contribution is 2.42. The summed E-state index contributed by atoms with van der Waals surface area (Å²) in [4.78, 5) is 10.0. The number of carbonyl (C=O) groups excluding carboxylic acids is 1. The minimum atomic E-state index is -4.43. The van der Waals surface area contributed by atoms with Crippen LogP contribution in [0.25, 0.3) is 0 Å². The van der Waals surface area contributed by atoms with E-state index in [1.54, 1.807) is 0 Å². The molecule has 0 spiro atoms. The molecule has 58 valence electrons. The third-order valence-corrected chi connectivity index (χ3v) is 1.42. The van der Waals surface area contributed by atoms with Gasteiger partial charge in [-0.3, -0.25) is 4.79 Å². The van der Waals surface area contributed by atoms with Crippen molar-refractivity contribution in [3.8, 4) is 0 Å². The molecule has 0 bridgehead atoms. The zero-order valence-electron chi connectivity index (χ0n) is 5.16. The predicted molar refractivity (Wildman–Crippen MR) is 25.2 cm³/mol. The second-order valence-electron chi connectivity index (χ2n) is 2.38. The number of esters is 1. The first kappa shape index (κ1) is 7.37. The molecule has 1 aliphatic rings. The van der Waals surface area contributed by atoms with Gasteiger partial charge in [0.05, 0.1) is 6.42 Å². The van der Waals surface area contributed by atoms with E-state index in [-0.39, 0.29) is 0 Å². The number of cyclic esters (lactones) is 1. The van der Waals surface area contributed by atoms with Crippen LogP contribution in [0.3, 0.4) is 0 Å². The molecule has 1 atom stereocenters. The number of ether oxygens (including phenoxy) is 1. The first-order valence-electron chi connectivity index (χ1n) is 2.64. The second-order valence-corrected chi connectivity index (χ2v) is 2.38. The fourth-order valence-electron chi connectivity index (χ4n) is 0.676. The van der Waals surface area contributed by atoms with Crippen LogP contribution in [0.5, 0.6) is 0 Å². The van der Waals surface area contributed by atoms with Gasteiger partial charge in [0.25, 0.3) is 0 Å². The zero-order valence-corrected chi connectivity index (χ0v) is 5.16. The monoisotopic (exact) mass is 154 g/mol. The highest BCUT2D eigenvalue weighted by Gasteiger charge is 2.61. The van der Waals surface area contributed by atoms with Crippen LogP contribution >= 0.6 is 0 Å². The zero-order chi connectivity index (χ0) is 7.99. The first-order chi connectivity index (χ1) is 4.35. The summed E-state index contributed by atoms with van der Waals surface area (Å²) in [7, 11) is 0. The maximum Gasteiger partial charge on any atom is 0.428 e. The van der Waals surface area contributed by atoms with Crippen LogP contribution in [-0.2, 0) is 9.53 Å². The lowest BCUT2D eigenvalue weighted by Gasteiger charge is -2.38. The van der Waals surface area contributed by atoms with Crippen molar-refractivity contribution in [3.05, 3.63) is 0 Å². The van der Waals surface area contributed by atoms with E-state index in [9.17, 15) is 18.0 Å². The molecule has 1 fully saturated rings. The van der Waals surface area contributed by atoms with Gasteiger partial charge in [-0.1, -0.05) is 0 Å². The summed E-state index contributed by atoms with van der Waals surface area (Å²) in [5, 5.41) is 0. The number of carbonyl (C=O) groups is 1. The van der Waals surface area contributed by atoms with E-state index in [2.05, 4.69) is 4.74 Å². The molecule has 10 heavy (non-hydrogen) atoms. The lowest BCUT2D eigenvalue weighted by Crippen LogP contribution is -2.55. The van der Waals surface area contributed by atoms with E-state index in [4.69, 9.17) is 0 Å². The number of hydrogen-bond donors (Lipinski definition) is 0. The summed E-state index contributed by atoms with van der Waals surface area (Å²) in [6.45, 7) is 0.856. The smallest absolute Gasteiger partial charge is 0.428 e. The molecule has 0 unspecified atom stereocenters. The van der Waals surface area contributed by atoms with Gasteiger partial charge >= 0.3 is 12.1 Å². The van der Waals surface area contributed by atoms with E-state index in [1.165, 1.54) is 0 Å². The molecule has 5 heteroatoms.